The van der Waals surface area contributed by atoms with E-state index in [1.165, 1.54) is 18.2 Å². The normalized spacial score (nSPS) is 12.8. The first kappa shape index (κ1) is 16.4. The minimum Gasteiger partial charge on any atom is -0.454 e. The predicted molar refractivity (Wildman–Crippen MR) is 86.7 cm³/mol. The number of carbonyl (C=O) groups excluding carboxylic acids is 1. The van der Waals surface area contributed by atoms with Crippen LogP contribution in [0, 0.1) is 0 Å². The highest BCUT2D eigenvalue weighted by atomic mass is 79.9. The Balaban J connectivity index is 1.82. The Hall–Kier alpha value is -2.41. The third kappa shape index (κ3) is 3.73. The summed E-state index contributed by atoms with van der Waals surface area (Å²) < 4.78 is 40.4. The van der Waals surface area contributed by atoms with Gasteiger partial charge in [-0.05, 0) is 48.6 Å². The van der Waals surface area contributed by atoms with Crippen molar-refractivity contribution >= 4 is 27.8 Å². The third-order valence-electron chi connectivity index (χ3n) is 3.26. The van der Waals surface area contributed by atoms with Crippen molar-refractivity contribution in [3.05, 3.63) is 58.1 Å². The molecule has 0 spiro atoms. The van der Waals surface area contributed by atoms with E-state index >= 15 is 0 Å². The number of rotatable bonds is 5. The average molecular weight is 397 g/mol. The van der Waals surface area contributed by atoms with Gasteiger partial charge in [-0.15, -0.1) is 0 Å². The topological polar surface area (TPSA) is 44.8 Å². The van der Waals surface area contributed by atoms with Gasteiger partial charge in [0.15, 0.2) is 17.3 Å². The maximum absolute atomic E-state index is 12.4. The van der Waals surface area contributed by atoms with Gasteiger partial charge in [-0.3, -0.25) is 4.79 Å². The molecule has 0 radical (unpaired) electrons. The maximum Gasteiger partial charge on any atom is 0.387 e. The van der Waals surface area contributed by atoms with Crippen LogP contribution in [0.4, 0.5) is 8.78 Å². The van der Waals surface area contributed by atoms with Crippen molar-refractivity contribution in [2.24, 2.45) is 0 Å². The molecule has 2 aromatic carbocycles. The van der Waals surface area contributed by atoms with E-state index in [1.54, 1.807) is 30.3 Å². The molecule has 0 aliphatic carbocycles. The SMILES string of the molecule is O=C(/C=C/c1cc(Br)ccc1OC(F)F)c1ccc2c(c1)OCO2. The fourth-order valence-corrected chi connectivity index (χ4v) is 2.54. The summed E-state index contributed by atoms with van der Waals surface area (Å²) in [6, 6.07) is 9.40. The van der Waals surface area contributed by atoms with Crippen LogP contribution in [0.5, 0.6) is 17.2 Å². The first-order chi connectivity index (χ1) is 11.5. The number of ketones is 1. The number of ether oxygens (including phenoxy) is 3. The van der Waals surface area contributed by atoms with Gasteiger partial charge in [-0.25, -0.2) is 0 Å². The Morgan fingerprint density at radius 3 is 2.75 bits per heavy atom. The summed E-state index contributed by atoms with van der Waals surface area (Å²) in [4.78, 5) is 12.3. The van der Waals surface area contributed by atoms with Gasteiger partial charge in [0.25, 0.3) is 0 Å². The minimum absolute atomic E-state index is 0.0112. The Morgan fingerprint density at radius 1 is 1.17 bits per heavy atom. The maximum atomic E-state index is 12.4. The van der Waals surface area contributed by atoms with E-state index in [2.05, 4.69) is 20.7 Å². The number of hydrogen-bond donors (Lipinski definition) is 0. The van der Waals surface area contributed by atoms with E-state index in [9.17, 15) is 13.6 Å². The van der Waals surface area contributed by atoms with Gasteiger partial charge in [-0.1, -0.05) is 15.9 Å². The molecule has 0 saturated heterocycles. The van der Waals surface area contributed by atoms with Gasteiger partial charge in [0, 0.05) is 15.6 Å². The van der Waals surface area contributed by atoms with Crippen LogP contribution in [0.3, 0.4) is 0 Å². The van der Waals surface area contributed by atoms with Crippen molar-refractivity contribution in [2.45, 2.75) is 6.61 Å². The summed E-state index contributed by atoms with van der Waals surface area (Å²) in [7, 11) is 0. The molecule has 1 heterocycles. The Bertz CT molecular complexity index is 805. The van der Waals surface area contributed by atoms with Crippen molar-refractivity contribution in [3.63, 3.8) is 0 Å². The molecule has 0 N–H and O–H groups in total. The van der Waals surface area contributed by atoms with E-state index < -0.39 is 6.61 Å². The highest BCUT2D eigenvalue weighted by Gasteiger charge is 2.15. The van der Waals surface area contributed by atoms with Crippen LogP contribution in [-0.2, 0) is 0 Å². The van der Waals surface area contributed by atoms with Crippen LogP contribution in [0.2, 0.25) is 0 Å². The second-order valence-corrected chi connectivity index (χ2v) is 5.74. The molecule has 0 bridgehead atoms. The zero-order valence-corrected chi connectivity index (χ0v) is 13.8. The minimum atomic E-state index is -2.94. The Labute approximate surface area is 144 Å². The van der Waals surface area contributed by atoms with Gasteiger partial charge in [0.05, 0.1) is 0 Å². The van der Waals surface area contributed by atoms with Crippen molar-refractivity contribution in [3.8, 4) is 17.2 Å². The van der Waals surface area contributed by atoms with Crippen molar-refractivity contribution in [1.29, 1.82) is 0 Å². The summed E-state index contributed by atoms with van der Waals surface area (Å²) in [5, 5.41) is 0. The van der Waals surface area contributed by atoms with Gasteiger partial charge in [0.1, 0.15) is 5.75 Å². The lowest BCUT2D eigenvalue weighted by Crippen LogP contribution is -2.03. The van der Waals surface area contributed by atoms with E-state index in [4.69, 9.17) is 9.47 Å². The number of fused-ring (bicyclic) bond motifs is 1. The summed E-state index contributed by atoms with van der Waals surface area (Å²) in [6.07, 6.45) is 2.72. The van der Waals surface area contributed by atoms with Crippen LogP contribution >= 0.6 is 15.9 Å². The van der Waals surface area contributed by atoms with Crippen molar-refractivity contribution in [1.82, 2.24) is 0 Å². The molecule has 1 aliphatic rings. The highest BCUT2D eigenvalue weighted by Crippen LogP contribution is 2.33. The van der Waals surface area contributed by atoms with Gasteiger partial charge >= 0.3 is 6.61 Å². The van der Waals surface area contributed by atoms with Gasteiger partial charge < -0.3 is 14.2 Å². The largest absolute Gasteiger partial charge is 0.454 e. The van der Waals surface area contributed by atoms with E-state index in [0.717, 1.165) is 0 Å². The summed E-state index contributed by atoms with van der Waals surface area (Å²) in [5.74, 6) is 0.771. The molecule has 124 valence electrons. The summed E-state index contributed by atoms with van der Waals surface area (Å²) in [6.45, 7) is -2.82. The molecule has 7 heteroatoms. The van der Waals surface area contributed by atoms with Crippen LogP contribution in [0.1, 0.15) is 15.9 Å². The second kappa shape index (κ2) is 7.00. The molecule has 0 amide bonds. The Kier molecular flexibility index (Phi) is 4.80. The number of allylic oxidation sites excluding steroid dienone is 1. The molecule has 0 saturated carbocycles. The predicted octanol–water partition coefficient (Wildman–Crippen LogP) is 4.68. The van der Waals surface area contributed by atoms with E-state index in [1.807, 2.05) is 0 Å². The monoisotopic (exact) mass is 396 g/mol. The fourth-order valence-electron chi connectivity index (χ4n) is 2.16. The lowest BCUT2D eigenvalue weighted by Gasteiger charge is -2.08. The number of carbonyl (C=O) groups is 1. The highest BCUT2D eigenvalue weighted by molar-refractivity contribution is 9.10. The van der Waals surface area contributed by atoms with Crippen LogP contribution in [0.25, 0.3) is 6.08 Å². The lowest BCUT2D eigenvalue weighted by atomic mass is 10.1. The molecule has 2 aromatic rings. The smallest absolute Gasteiger partial charge is 0.387 e. The first-order valence-corrected chi connectivity index (χ1v) is 7.68. The molecule has 0 atom stereocenters. The summed E-state index contributed by atoms with van der Waals surface area (Å²) in [5.41, 5.74) is 0.764. The van der Waals surface area contributed by atoms with Crippen LogP contribution < -0.4 is 14.2 Å². The molecule has 0 unspecified atom stereocenters. The van der Waals surface area contributed by atoms with Crippen molar-refractivity contribution < 1.29 is 27.8 Å². The molecule has 0 aromatic heterocycles. The van der Waals surface area contributed by atoms with Crippen LogP contribution in [0.15, 0.2) is 46.9 Å². The third-order valence-corrected chi connectivity index (χ3v) is 3.75. The molecule has 4 nitrogen and oxygen atoms in total. The Morgan fingerprint density at radius 2 is 1.96 bits per heavy atom. The quantitative estimate of drug-likeness (QED) is 0.543. The second-order valence-electron chi connectivity index (χ2n) is 4.83. The standard InChI is InChI=1S/C17H11BrF2O4/c18-12-3-6-14(24-17(19)20)11(7-12)1-4-13(21)10-2-5-15-16(8-10)23-9-22-15/h1-8,17H,9H2/b4-1+. The summed E-state index contributed by atoms with van der Waals surface area (Å²) >= 11 is 3.26. The van der Waals surface area contributed by atoms with Crippen molar-refractivity contribution in [2.75, 3.05) is 6.79 Å². The molecule has 1 aliphatic heterocycles. The van der Waals surface area contributed by atoms with E-state index in [0.29, 0.717) is 27.1 Å². The number of benzene rings is 2. The number of alkyl halides is 2. The van der Waals surface area contributed by atoms with E-state index in [-0.39, 0.29) is 18.3 Å². The first-order valence-electron chi connectivity index (χ1n) is 6.89. The number of halogens is 3. The molecule has 3 rings (SSSR count). The average Bonchev–Trinajstić information content (AvgIpc) is 3.02. The molecule has 24 heavy (non-hydrogen) atoms. The van der Waals surface area contributed by atoms with Gasteiger partial charge in [0.2, 0.25) is 6.79 Å². The molecular formula is C17H11BrF2O4. The zero-order chi connectivity index (χ0) is 17.1. The van der Waals surface area contributed by atoms with Gasteiger partial charge in [-0.2, -0.15) is 8.78 Å². The number of hydrogen-bond acceptors (Lipinski definition) is 4. The fraction of sp³-hybridized carbons (Fsp3) is 0.118. The lowest BCUT2D eigenvalue weighted by molar-refractivity contribution is -0.0499. The zero-order valence-electron chi connectivity index (χ0n) is 12.2. The van der Waals surface area contributed by atoms with Crippen LogP contribution in [-0.4, -0.2) is 19.2 Å². The molecular weight excluding hydrogens is 386 g/mol. The molecule has 0 fully saturated rings.